The molecule has 0 aliphatic carbocycles. The molecule has 98 valence electrons. The number of aldehydes is 1. The monoisotopic (exact) mass is 252 g/mol. The van der Waals surface area contributed by atoms with Crippen molar-refractivity contribution in [2.75, 3.05) is 7.11 Å². The van der Waals surface area contributed by atoms with E-state index in [1.807, 2.05) is 0 Å². The van der Waals surface area contributed by atoms with Crippen molar-refractivity contribution in [2.45, 2.75) is 25.6 Å². The third-order valence-electron chi connectivity index (χ3n) is 2.66. The Morgan fingerprint density at radius 3 is 2.67 bits per heavy atom. The molecule has 1 aromatic carbocycles. The first-order valence-corrected chi connectivity index (χ1v) is 5.48. The van der Waals surface area contributed by atoms with Gasteiger partial charge >= 0.3 is 5.97 Å². The fraction of sp³-hybridized carbons (Fsp3) is 0.385. The molecule has 2 N–H and O–H groups in total. The zero-order chi connectivity index (χ0) is 13.7. The number of rotatable bonds is 5. The molecule has 1 aromatic rings. The van der Waals surface area contributed by atoms with E-state index >= 15 is 0 Å². The zero-order valence-electron chi connectivity index (χ0n) is 10.3. The third-order valence-corrected chi connectivity index (χ3v) is 2.66. The van der Waals surface area contributed by atoms with Gasteiger partial charge in [-0.25, -0.2) is 0 Å². The lowest BCUT2D eigenvalue weighted by Crippen LogP contribution is -2.23. The Morgan fingerprint density at radius 2 is 2.11 bits per heavy atom. The van der Waals surface area contributed by atoms with Gasteiger partial charge in [0, 0.05) is 5.56 Å². The van der Waals surface area contributed by atoms with Crippen LogP contribution < -0.4 is 0 Å². The van der Waals surface area contributed by atoms with Crippen LogP contribution >= 0.6 is 0 Å². The molecule has 0 fully saturated rings. The first kappa shape index (κ1) is 14.3. The number of methoxy groups -OCH3 is 1. The van der Waals surface area contributed by atoms with E-state index in [1.165, 1.54) is 7.11 Å². The molecule has 1 rings (SSSR count). The SMILES string of the molecule is COC(=O)CC(O)C(O)c1cc(C)ccc1C=O. The normalized spacial score (nSPS) is 13.8. The minimum atomic E-state index is -1.31. The van der Waals surface area contributed by atoms with E-state index in [0.717, 1.165) is 5.56 Å². The van der Waals surface area contributed by atoms with Crippen LogP contribution in [0.3, 0.4) is 0 Å². The molecule has 0 aliphatic rings. The lowest BCUT2D eigenvalue weighted by molar-refractivity contribution is -0.144. The van der Waals surface area contributed by atoms with Crippen molar-refractivity contribution in [2.24, 2.45) is 0 Å². The van der Waals surface area contributed by atoms with Crippen LogP contribution in [0.4, 0.5) is 0 Å². The predicted molar refractivity (Wildman–Crippen MR) is 64.2 cm³/mol. The number of esters is 1. The third kappa shape index (κ3) is 3.38. The molecule has 0 saturated heterocycles. The molecule has 0 heterocycles. The van der Waals surface area contributed by atoms with Gasteiger partial charge in [-0.15, -0.1) is 0 Å². The Bertz CT molecular complexity index is 441. The highest BCUT2D eigenvalue weighted by molar-refractivity contribution is 5.78. The highest BCUT2D eigenvalue weighted by Crippen LogP contribution is 2.23. The van der Waals surface area contributed by atoms with Crippen LogP contribution in [0, 0.1) is 6.92 Å². The zero-order valence-corrected chi connectivity index (χ0v) is 10.3. The summed E-state index contributed by atoms with van der Waals surface area (Å²) >= 11 is 0. The van der Waals surface area contributed by atoms with Gasteiger partial charge in [0.15, 0.2) is 0 Å². The van der Waals surface area contributed by atoms with Gasteiger partial charge in [0.05, 0.1) is 19.6 Å². The summed E-state index contributed by atoms with van der Waals surface area (Å²) in [5.41, 5.74) is 1.44. The second kappa shape index (κ2) is 6.28. The van der Waals surface area contributed by atoms with E-state index in [-0.39, 0.29) is 12.0 Å². The fourth-order valence-corrected chi connectivity index (χ4v) is 1.63. The molecule has 2 atom stereocenters. The van der Waals surface area contributed by atoms with Gasteiger partial charge in [-0.2, -0.15) is 0 Å². The van der Waals surface area contributed by atoms with Crippen molar-refractivity contribution in [1.29, 1.82) is 0 Å². The topological polar surface area (TPSA) is 83.8 Å². The van der Waals surface area contributed by atoms with E-state index in [4.69, 9.17) is 0 Å². The fourth-order valence-electron chi connectivity index (χ4n) is 1.63. The van der Waals surface area contributed by atoms with Crippen LogP contribution in [0.5, 0.6) is 0 Å². The molecule has 2 unspecified atom stereocenters. The minimum Gasteiger partial charge on any atom is -0.469 e. The maximum atomic E-state index is 11.0. The molecule has 5 nitrogen and oxygen atoms in total. The maximum absolute atomic E-state index is 11.0. The van der Waals surface area contributed by atoms with Gasteiger partial charge in [-0.1, -0.05) is 23.8 Å². The second-order valence-electron chi connectivity index (χ2n) is 4.04. The number of carbonyl (C=O) groups excluding carboxylic acids is 2. The molecule has 0 amide bonds. The van der Waals surface area contributed by atoms with Crippen LogP contribution in [0.15, 0.2) is 18.2 Å². The van der Waals surface area contributed by atoms with E-state index < -0.39 is 18.2 Å². The molecule has 0 saturated carbocycles. The number of ether oxygens (including phenoxy) is 1. The highest BCUT2D eigenvalue weighted by atomic mass is 16.5. The van der Waals surface area contributed by atoms with Crippen molar-refractivity contribution in [3.8, 4) is 0 Å². The van der Waals surface area contributed by atoms with E-state index in [9.17, 15) is 19.8 Å². The molecular formula is C13H16O5. The average molecular weight is 252 g/mol. The molecule has 0 radical (unpaired) electrons. The Morgan fingerprint density at radius 1 is 1.44 bits per heavy atom. The Balaban J connectivity index is 2.94. The van der Waals surface area contributed by atoms with Crippen molar-refractivity contribution >= 4 is 12.3 Å². The predicted octanol–water partition coefficient (Wildman–Crippen LogP) is 0.765. The number of aryl methyl sites for hydroxylation is 1. The summed E-state index contributed by atoms with van der Waals surface area (Å²) in [7, 11) is 1.20. The minimum absolute atomic E-state index is 0.289. The lowest BCUT2D eigenvalue weighted by atomic mass is 9.96. The van der Waals surface area contributed by atoms with Crippen LogP contribution in [0.1, 0.15) is 34.0 Å². The number of benzene rings is 1. The first-order chi connectivity index (χ1) is 8.49. The van der Waals surface area contributed by atoms with E-state index in [0.29, 0.717) is 11.8 Å². The Labute approximate surface area is 105 Å². The van der Waals surface area contributed by atoms with Crippen molar-refractivity contribution in [3.05, 3.63) is 34.9 Å². The van der Waals surface area contributed by atoms with Crippen molar-refractivity contribution in [1.82, 2.24) is 0 Å². The summed E-state index contributed by atoms with van der Waals surface area (Å²) in [6.07, 6.45) is -2.34. The van der Waals surface area contributed by atoms with Crippen molar-refractivity contribution < 1.29 is 24.5 Å². The van der Waals surface area contributed by atoms with Gasteiger partial charge in [0.2, 0.25) is 0 Å². The average Bonchev–Trinajstić information content (AvgIpc) is 2.37. The van der Waals surface area contributed by atoms with Crippen LogP contribution in [-0.2, 0) is 9.53 Å². The standard InChI is InChI=1S/C13H16O5/c1-8-3-4-9(7-14)10(5-8)13(17)11(15)6-12(16)18-2/h3-5,7,11,13,15,17H,6H2,1-2H3. The summed E-state index contributed by atoms with van der Waals surface area (Å²) in [6, 6.07) is 4.90. The summed E-state index contributed by atoms with van der Waals surface area (Å²) < 4.78 is 4.41. The number of hydrogen-bond acceptors (Lipinski definition) is 5. The Hall–Kier alpha value is -1.72. The molecule has 0 spiro atoms. The van der Waals surface area contributed by atoms with Crippen molar-refractivity contribution in [3.63, 3.8) is 0 Å². The smallest absolute Gasteiger partial charge is 0.308 e. The molecular weight excluding hydrogens is 236 g/mol. The summed E-state index contributed by atoms with van der Waals surface area (Å²) in [6.45, 7) is 1.80. The maximum Gasteiger partial charge on any atom is 0.308 e. The lowest BCUT2D eigenvalue weighted by Gasteiger charge is -2.19. The summed E-state index contributed by atoms with van der Waals surface area (Å²) in [5, 5.41) is 19.7. The van der Waals surface area contributed by atoms with Gasteiger partial charge in [0.25, 0.3) is 0 Å². The molecule has 18 heavy (non-hydrogen) atoms. The number of hydrogen-bond donors (Lipinski definition) is 2. The number of aliphatic hydroxyl groups excluding tert-OH is 2. The Kier molecular flexibility index (Phi) is 5.00. The van der Waals surface area contributed by atoms with Crippen LogP contribution in [0.2, 0.25) is 0 Å². The molecule has 0 aliphatic heterocycles. The van der Waals surface area contributed by atoms with Gasteiger partial charge < -0.3 is 14.9 Å². The quantitative estimate of drug-likeness (QED) is 0.597. The van der Waals surface area contributed by atoms with Gasteiger partial charge in [0.1, 0.15) is 12.4 Å². The van der Waals surface area contributed by atoms with Gasteiger partial charge in [-0.3, -0.25) is 9.59 Å². The summed E-state index contributed by atoms with van der Waals surface area (Å²) in [4.78, 5) is 21.9. The number of carbonyl (C=O) groups is 2. The molecule has 5 heteroatoms. The first-order valence-electron chi connectivity index (χ1n) is 5.48. The summed E-state index contributed by atoms with van der Waals surface area (Å²) in [5.74, 6) is -0.623. The van der Waals surface area contributed by atoms with E-state index in [1.54, 1.807) is 25.1 Å². The van der Waals surface area contributed by atoms with Crippen LogP contribution in [-0.4, -0.2) is 35.7 Å². The van der Waals surface area contributed by atoms with Gasteiger partial charge in [-0.05, 0) is 12.5 Å². The molecule has 0 aromatic heterocycles. The number of aliphatic hydroxyl groups is 2. The highest BCUT2D eigenvalue weighted by Gasteiger charge is 2.23. The molecule has 0 bridgehead atoms. The van der Waals surface area contributed by atoms with Crippen LogP contribution in [0.25, 0.3) is 0 Å². The second-order valence-corrected chi connectivity index (χ2v) is 4.04. The largest absolute Gasteiger partial charge is 0.469 e. The van der Waals surface area contributed by atoms with E-state index in [2.05, 4.69) is 4.74 Å².